The number of halogens is 1. The van der Waals surface area contributed by atoms with E-state index in [2.05, 4.69) is 15.0 Å². The number of thiophene rings is 1. The van der Waals surface area contributed by atoms with Crippen LogP contribution < -0.4 is 5.32 Å². The molecule has 0 aliphatic heterocycles. The average Bonchev–Trinajstić information content (AvgIpc) is 3.04. The van der Waals surface area contributed by atoms with E-state index in [1.807, 2.05) is 25.1 Å². The van der Waals surface area contributed by atoms with Crippen molar-refractivity contribution in [3.8, 4) is 11.1 Å². The number of carbonyl (C=O) groups is 3. The van der Waals surface area contributed by atoms with Gasteiger partial charge in [0.15, 0.2) is 0 Å². The van der Waals surface area contributed by atoms with Gasteiger partial charge in [0.1, 0.15) is 9.71 Å². The highest BCUT2D eigenvalue weighted by Gasteiger charge is 2.26. The quantitative estimate of drug-likeness (QED) is 0.513. The van der Waals surface area contributed by atoms with E-state index in [0.29, 0.717) is 15.2 Å². The highest BCUT2D eigenvalue weighted by atomic mass is 35.5. The van der Waals surface area contributed by atoms with Gasteiger partial charge in [0.2, 0.25) is 0 Å². The number of benzene rings is 1. The van der Waals surface area contributed by atoms with Gasteiger partial charge in [-0.2, -0.15) is 0 Å². The summed E-state index contributed by atoms with van der Waals surface area (Å²) in [6.07, 6.45) is 0. The third-order valence-electron chi connectivity index (χ3n) is 3.93. The molecule has 28 heavy (non-hydrogen) atoms. The lowest BCUT2D eigenvalue weighted by Crippen LogP contribution is -2.24. The zero-order chi connectivity index (χ0) is 20.4. The van der Waals surface area contributed by atoms with Crippen LogP contribution >= 0.6 is 22.9 Å². The molecule has 0 bridgehead atoms. The fraction of sp³-hybridized carbons (Fsp3) is 0.158. The number of nitrogens with one attached hydrogen (secondary N) is 1. The van der Waals surface area contributed by atoms with Crippen molar-refractivity contribution in [1.29, 1.82) is 0 Å². The zero-order valence-corrected chi connectivity index (χ0v) is 16.7. The summed E-state index contributed by atoms with van der Waals surface area (Å²) in [5, 5.41) is 3.57. The molecule has 2 heterocycles. The third kappa shape index (κ3) is 3.69. The molecule has 0 atom stereocenters. The van der Waals surface area contributed by atoms with Crippen molar-refractivity contribution >= 4 is 56.7 Å². The van der Waals surface area contributed by atoms with Crippen LogP contribution in [0.1, 0.15) is 15.4 Å². The topological polar surface area (TPSA) is 94.6 Å². The normalized spacial score (nSPS) is 10.6. The molecule has 144 valence electrons. The molecular formula is C19H15ClN2O5S. The molecule has 0 saturated carbocycles. The molecule has 1 aromatic carbocycles. The van der Waals surface area contributed by atoms with Gasteiger partial charge >= 0.3 is 17.8 Å². The number of aromatic nitrogens is 1. The van der Waals surface area contributed by atoms with Gasteiger partial charge in [0.25, 0.3) is 0 Å². The van der Waals surface area contributed by atoms with Crippen LogP contribution in [0.25, 0.3) is 21.3 Å². The van der Waals surface area contributed by atoms with Gasteiger partial charge < -0.3 is 14.8 Å². The molecule has 9 heteroatoms. The smallest absolute Gasteiger partial charge is 0.396 e. The van der Waals surface area contributed by atoms with Crippen molar-refractivity contribution in [2.75, 3.05) is 19.5 Å². The molecule has 1 amide bonds. The van der Waals surface area contributed by atoms with Gasteiger partial charge in [-0.1, -0.05) is 23.7 Å². The number of nitrogens with zero attached hydrogens (tertiary/aromatic N) is 1. The molecule has 0 fully saturated rings. The molecule has 2 aromatic heterocycles. The second-order valence-electron chi connectivity index (χ2n) is 5.74. The summed E-state index contributed by atoms with van der Waals surface area (Å²) in [7, 11) is 2.33. The monoisotopic (exact) mass is 418 g/mol. The summed E-state index contributed by atoms with van der Waals surface area (Å²) < 4.78 is 9.28. The van der Waals surface area contributed by atoms with E-state index < -0.39 is 17.8 Å². The fourth-order valence-corrected chi connectivity index (χ4v) is 3.94. The highest BCUT2D eigenvalue weighted by Crippen LogP contribution is 2.41. The van der Waals surface area contributed by atoms with Crippen LogP contribution in [0, 0.1) is 6.92 Å². The maximum absolute atomic E-state index is 12.3. The first-order valence-corrected chi connectivity index (χ1v) is 9.22. The van der Waals surface area contributed by atoms with E-state index >= 15 is 0 Å². The molecule has 0 saturated heterocycles. The minimum atomic E-state index is -1.08. The maximum atomic E-state index is 12.3. The first-order chi connectivity index (χ1) is 13.3. The summed E-state index contributed by atoms with van der Waals surface area (Å²) >= 11 is 7.05. The Bertz CT molecular complexity index is 1090. The number of rotatable bonds is 3. The van der Waals surface area contributed by atoms with Crippen LogP contribution in [0.4, 0.5) is 5.69 Å². The van der Waals surface area contributed by atoms with Crippen LogP contribution in [0.5, 0.6) is 0 Å². The van der Waals surface area contributed by atoms with Crippen molar-refractivity contribution in [1.82, 2.24) is 4.98 Å². The summed E-state index contributed by atoms with van der Waals surface area (Å²) in [6, 6.07) is 8.93. The predicted octanol–water partition coefficient (Wildman–Crippen LogP) is 3.82. The molecule has 3 aromatic rings. The Kier molecular flexibility index (Phi) is 5.62. The summed E-state index contributed by atoms with van der Waals surface area (Å²) in [4.78, 5) is 41.1. The van der Waals surface area contributed by atoms with E-state index in [1.165, 1.54) is 7.11 Å². The summed E-state index contributed by atoms with van der Waals surface area (Å²) in [5.41, 5.74) is 2.41. The Labute approximate surface area is 169 Å². The number of fused-ring (bicyclic) bond motifs is 1. The average molecular weight is 419 g/mol. The maximum Gasteiger partial charge on any atom is 0.396 e. The fourth-order valence-electron chi connectivity index (χ4n) is 2.69. The van der Waals surface area contributed by atoms with Gasteiger partial charge in [0.05, 0.1) is 19.9 Å². The van der Waals surface area contributed by atoms with Crippen LogP contribution in [0.3, 0.4) is 0 Å². The van der Waals surface area contributed by atoms with E-state index in [0.717, 1.165) is 35.3 Å². The zero-order valence-electron chi connectivity index (χ0n) is 15.2. The van der Waals surface area contributed by atoms with E-state index in [9.17, 15) is 14.4 Å². The van der Waals surface area contributed by atoms with Gasteiger partial charge in [-0.25, -0.2) is 14.6 Å². The van der Waals surface area contributed by atoms with Crippen LogP contribution in [0.15, 0.2) is 30.3 Å². The Morgan fingerprint density at radius 3 is 2.39 bits per heavy atom. The number of carbonyl (C=O) groups excluding carboxylic acids is 3. The number of anilines is 1. The largest absolute Gasteiger partial charge is 0.465 e. The van der Waals surface area contributed by atoms with Gasteiger partial charge in [0, 0.05) is 16.1 Å². The number of ether oxygens (including phenoxy) is 2. The van der Waals surface area contributed by atoms with E-state index in [-0.39, 0.29) is 10.6 Å². The molecule has 0 aliphatic rings. The molecule has 0 radical (unpaired) electrons. The van der Waals surface area contributed by atoms with Crippen LogP contribution in [0.2, 0.25) is 5.02 Å². The molecular weight excluding hydrogens is 404 g/mol. The highest BCUT2D eigenvalue weighted by molar-refractivity contribution is 7.21. The van der Waals surface area contributed by atoms with E-state index in [4.69, 9.17) is 16.3 Å². The number of methoxy groups -OCH3 is 2. The summed E-state index contributed by atoms with van der Waals surface area (Å²) in [5.74, 6) is -2.74. The standard InChI is InChI=1S/C19H15ClN2O5S/c1-9-8-12(10-4-6-11(20)7-5-10)13-14(22-16(23)19(25)27-3)15(18(24)26-2)28-17(13)21-9/h4-8H,1-3H3,(H,22,23). The number of hydrogen-bond donors (Lipinski definition) is 1. The van der Waals surface area contributed by atoms with Crippen molar-refractivity contribution in [3.05, 3.63) is 45.9 Å². The molecule has 0 spiro atoms. The summed E-state index contributed by atoms with van der Waals surface area (Å²) in [6.45, 7) is 1.82. The number of hydrogen-bond acceptors (Lipinski definition) is 7. The van der Waals surface area contributed by atoms with E-state index in [1.54, 1.807) is 12.1 Å². The second-order valence-corrected chi connectivity index (χ2v) is 7.18. The lowest BCUT2D eigenvalue weighted by molar-refractivity contribution is -0.150. The molecule has 1 N–H and O–H groups in total. The van der Waals surface area contributed by atoms with Gasteiger partial charge in [-0.15, -0.1) is 11.3 Å². The minimum Gasteiger partial charge on any atom is -0.465 e. The van der Waals surface area contributed by atoms with Crippen molar-refractivity contribution in [3.63, 3.8) is 0 Å². The Balaban J connectivity index is 2.30. The predicted molar refractivity (Wildman–Crippen MR) is 107 cm³/mol. The van der Waals surface area contributed by atoms with Crippen LogP contribution in [-0.4, -0.2) is 37.0 Å². The molecule has 0 unspecified atom stereocenters. The number of amides is 1. The van der Waals surface area contributed by atoms with Gasteiger partial charge in [-0.3, -0.25) is 4.79 Å². The molecule has 7 nitrogen and oxygen atoms in total. The Morgan fingerprint density at radius 2 is 1.79 bits per heavy atom. The third-order valence-corrected chi connectivity index (χ3v) is 5.24. The van der Waals surface area contributed by atoms with Crippen LogP contribution in [-0.2, 0) is 19.1 Å². The SMILES string of the molecule is COC(=O)C(=O)Nc1c(C(=O)OC)sc2nc(C)cc(-c3ccc(Cl)cc3)c12. The first-order valence-electron chi connectivity index (χ1n) is 8.03. The second kappa shape index (κ2) is 7.95. The van der Waals surface area contributed by atoms with Gasteiger partial charge in [-0.05, 0) is 36.2 Å². The lowest BCUT2D eigenvalue weighted by atomic mass is 10.0. The minimum absolute atomic E-state index is 0.128. The molecule has 0 aliphatic carbocycles. The molecule has 3 rings (SSSR count). The number of esters is 2. The first kappa shape index (κ1) is 19.8. The van der Waals surface area contributed by atoms with Crippen molar-refractivity contribution in [2.24, 2.45) is 0 Å². The van der Waals surface area contributed by atoms with Crippen molar-refractivity contribution < 1.29 is 23.9 Å². The Hall–Kier alpha value is -2.97. The number of pyridine rings is 1. The number of aryl methyl sites for hydroxylation is 1. The lowest BCUT2D eigenvalue weighted by Gasteiger charge is -2.10. The van der Waals surface area contributed by atoms with Crippen molar-refractivity contribution in [2.45, 2.75) is 6.92 Å². The Morgan fingerprint density at radius 1 is 1.11 bits per heavy atom.